The standard InChI is InChI=1S/C21H28N2O3S/c1-2-3-4-5-6-19(24)23-12-17-16(18-7-9-21(17,14-23)26-18)11-22-20(25)15-8-10-27-13-15/h2-3,8,10,13,16-18H,4-7,9,11-12,14H2,1H3,(H,22,25)/t16-,17+,18+,21+/m0/s1. The lowest BCUT2D eigenvalue weighted by Crippen LogP contribution is -2.41. The summed E-state index contributed by atoms with van der Waals surface area (Å²) in [6, 6.07) is 1.85. The van der Waals surface area contributed by atoms with Crippen molar-refractivity contribution in [3.05, 3.63) is 34.5 Å². The Morgan fingerprint density at radius 2 is 2.37 bits per heavy atom. The molecule has 146 valence electrons. The van der Waals surface area contributed by atoms with Crippen LogP contribution in [0.15, 0.2) is 29.0 Å². The van der Waals surface area contributed by atoms with Crippen molar-refractivity contribution in [2.75, 3.05) is 19.6 Å². The number of hydrogen-bond donors (Lipinski definition) is 1. The van der Waals surface area contributed by atoms with E-state index in [4.69, 9.17) is 4.74 Å². The summed E-state index contributed by atoms with van der Waals surface area (Å²) in [6.45, 7) is 4.15. The zero-order valence-corrected chi connectivity index (χ0v) is 16.7. The van der Waals surface area contributed by atoms with E-state index in [0.717, 1.165) is 44.3 Å². The largest absolute Gasteiger partial charge is 0.369 e. The van der Waals surface area contributed by atoms with E-state index in [-0.39, 0.29) is 23.5 Å². The van der Waals surface area contributed by atoms with Crippen LogP contribution in [0.3, 0.4) is 0 Å². The first-order valence-electron chi connectivity index (χ1n) is 10.00. The van der Waals surface area contributed by atoms with Gasteiger partial charge in [-0.3, -0.25) is 9.59 Å². The minimum Gasteiger partial charge on any atom is -0.369 e. The van der Waals surface area contributed by atoms with Gasteiger partial charge in [0, 0.05) is 42.3 Å². The molecule has 6 heteroatoms. The average molecular weight is 389 g/mol. The van der Waals surface area contributed by atoms with Gasteiger partial charge in [0.1, 0.15) is 0 Å². The smallest absolute Gasteiger partial charge is 0.252 e. The van der Waals surface area contributed by atoms with Crippen LogP contribution in [0.1, 0.15) is 49.4 Å². The van der Waals surface area contributed by atoms with Crippen LogP contribution in [0.25, 0.3) is 0 Å². The minimum atomic E-state index is -0.165. The molecule has 0 radical (unpaired) electrons. The molecule has 2 bridgehead atoms. The van der Waals surface area contributed by atoms with Gasteiger partial charge in [-0.2, -0.15) is 11.3 Å². The molecule has 0 aliphatic carbocycles. The number of rotatable bonds is 7. The molecule has 0 unspecified atom stereocenters. The zero-order valence-electron chi connectivity index (χ0n) is 15.9. The number of ether oxygens (including phenoxy) is 1. The van der Waals surface area contributed by atoms with Crippen molar-refractivity contribution in [1.29, 1.82) is 0 Å². The predicted octanol–water partition coefficient (Wildman–Crippen LogP) is 3.23. The van der Waals surface area contributed by atoms with E-state index in [1.165, 1.54) is 11.3 Å². The normalized spacial score (nSPS) is 31.6. The second-order valence-corrected chi connectivity index (χ2v) is 8.77. The number of unbranched alkanes of at least 4 members (excludes halogenated alkanes) is 1. The van der Waals surface area contributed by atoms with Gasteiger partial charge < -0.3 is 15.0 Å². The van der Waals surface area contributed by atoms with Gasteiger partial charge in [0.2, 0.25) is 5.91 Å². The van der Waals surface area contributed by atoms with E-state index in [1.807, 2.05) is 34.7 Å². The molecule has 3 fully saturated rings. The van der Waals surface area contributed by atoms with Gasteiger partial charge in [-0.25, -0.2) is 0 Å². The Morgan fingerprint density at radius 3 is 3.15 bits per heavy atom. The number of hydrogen-bond acceptors (Lipinski definition) is 4. The molecule has 2 amide bonds. The number of carbonyl (C=O) groups excluding carboxylic acids is 2. The number of fused-ring (bicyclic) bond motifs is 1. The van der Waals surface area contributed by atoms with Crippen LogP contribution >= 0.6 is 11.3 Å². The summed E-state index contributed by atoms with van der Waals surface area (Å²) in [5.74, 6) is 0.889. The zero-order chi connectivity index (χ0) is 18.9. The van der Waals surface area contributed by atoms with Gasteiger partial charge in [0.15, 0.2) is 0 Å². The van der Waals surface area contributed by atoms with Crippen LogP contribution in [-0.4, -0.2) is 48.1 Å². The lowest BCUT2D eigenvalue weighted by Gasteiger charge is -2.29. The van der Waals surface area contributed by atoms with E-state index < -0.39 is 0 Å². The third-order valence-electron chi connectivity index (χ3n) is 6.42. The molecule has 4 atom stereocenters. The maximum atomic E-state index is 12.6. The van der Waals surface area contributed by atoms with E-state index in [9.17, 15) is 9.59 Å². The quantitative estimate of drug-likeness (QED) is 0.576. The van der Waals surface area contributed by atoms with Gasteiger partial charge in [-0.05, 0) is 44.1 Å². The lowest BCUT2D eigenvalue weighted by atomic mass is 9.73. The van der Waals surface area contributed by atoms with Gasteiger partial charge in [0.25, 0.3) is 5.91 Å². The maximum absolute atomic E-state index is 12.6. The summed E-state index contributed by atoms with van der Waals surface area (Å²) in [5, 5.41) is 6.88. The molecule has 3 aliphatic rings. The highest BCUT2D eigenvalue weighted by atomic mass is 32.1. The molecule has 4 heterocycles. The molecule has 3 aliphatic heterocycles. The van der Waals surface area contributed by atoms with Crippen LogP contribution in [0.4, 0.5) is 0 Å². The monoisotopic (exact) mass is 388 g/mol. The fraction of sp³-hybridized carbons (Fsp3) is 0.619. The van der Waals surface area contributed by atoms with Crippen LogP contribution in [0, 0.1) is 11.8 Å². The third-order valence-corrected chi connectivity index (χ3v) is 7.10. The summed E-state index contributed by atoms with van der Waals surface area (Å²) in [5.41, 5.74) is 0.560. The number of thiophene rings is 1. The van der Waals surface area contributed by atoms with Crippen molar-refractivity contribution in [2.24, 2.45) is 11.8 Å². The van der Waals surface area contributed by atoms with E-state index in [1.54, 1.807) is 0 Å². The number of nitrogens with one attached hydrogen (secondary N) is 1. The van der Waals surface area contributed by atoms with Crippen molar-refractivity contribution < 1.29 is 14.3 Å². The lowest BCUT2D eigenvalue weighted by molar-refractivity contribution is -0.131. The second kappa shape index (κ2) is 7.76. The third kappa shape index (κ3) is 3.57. The van der Waals surface area contributed by atoms with Gasteiger partial charge in [0.05, 0.1) is 18.2 Å². The molecule has 0 saturated carbocycles. The van der Waals surface area contributed by atoms with Crippen molar-refractivity contribution in [3.63, 3.8) is 0 Å². The SMILES string of the molecule is CC=CCCCC(=O)N1C[C@@H]2[C@H](CNC(=O)c3ccsc3)[C@H]3CC[C@]2(C1)O3. The van der Waals surface area contributed by atoms with Gasteiger partial charge >= 0.3 is 0 Å². The summed E-state index contributed by atoms with van der Waals surface area (Å²) < 4.78 is 6.39. The summed E-state index contributed by atoms with van der Waals surface area (Å²) in [4.78, 5) is 26.9. The van der Waals surface area contributed by atoms with Crippen molar-refractivity contribution >= 4 is 23.2 Å². The second-order valence-electron chi connectivity index (χ2n) is 7.99. The van der Waals surface area contributed by atoms with E-state index >= 15 is 0 Å². The number of nitrogens with zero attached hydrogens (tertiary/aromatic N) is 1. The molecular formula is C21H28N2O3S. The first-order chi connectivity index (χ1) is 13.1. The number of likely N-dealkylation sites (tertiary alicyclic amines) is 1. The van der Waals surface area contributed by atoms with Crippen LogP contribution in [0.5, 0.6) is 0 Å². The van der Waals surface area contributed by atoms with E-state index in [2.05, 4.69) is 11.4 Å². The summed E-state index contributed by atoms with van der Waals surface area (Å²) in [7, 11) is 0. The Bertz CT molecular complexity index is 717. The molecule has 3 saturated heterocycles. The molecule has 1 aromatic rings. The molecule has 1 spiro atoms. The molecule has 4 rings (SSSR count). The molecule has 5 nitrogen and oxygen atoms in total. The summed E-state index contributed by atoms with van der Waals surface area (Å²) in [6.07, 6.45) is 8.92. The number of amides is 2. The first-order valence-corrected chi connectivity index (χ1v) is 10.9. The van der Waals surface area contributed by atoms with Crippen LogP contribution < -0.4 is 5.32 Å². The maximum Gasteiger partial charge on any atom is 0.252 e. The van der Waals surface area contributed by atoms with Crippen LogP contribution in [0.2, 0.25) is 0 Å². The highest BCUT2D eigenvalue weighted by Crippen LogP contribution is 2.54. The summed E-state index contributed by atoms with van der Waals surface area (Å²) >= 11 is 1.53. The molecule has 0 aromatic carbocycles. The fourth-order valence-corrected chi connectivity index (χ4v) is 5.69. The van der Waals surface area contributed by atoms with Crippen molar-refractivity contribution in [2.45, 2.75) is 50.7 Å². The molecule has 1 N–H and O–H groups in total. The van der Waals surface area contributed by atoms with Crippen molar-refractivity contribution in [1.82, 2.24) is 10.2 Å². The minimum absolute atomic E-state index is 0.0111. The molecular weight excluding hydrogens is 360 g/mol. The Hall–Kier alpha value is -1.66. The Balaban J connectivity index is 1.35. The average Bonchev–Trinajstić information content (AvgIpc) is 3.43. The highest BCUT2D eigenvalue weighted by molar-refractivity contribution is 7.08. The predicted molar refractivity (Wildman–Crippen MR) is 106 cm³/mol. The topological polar surface area (TPSA) is 58.6 Å². The Labute approximate surface area is 164 Å². The van der Waals surface area contributed by atoms with Crippen LogP contribution in [-0.2, 0) is 9.53 Å². The molecule has 27 heavy (non-hydrogen) atoms. The van der Waals surface area contributed by atoms with Crippen molar-refractivity contribution in [3.8, 4) is 0 Å². The highest BCUT2D eigenvalue weighted by Gasteiger charge is 2.63. The van der Waals surface area contributed by atoms with Gasteiger partial charge in [-0.15, -0.1) is 0 Å². The first kappa shape index (κ1) is 18.7. The number of carbonyl (C=O) groups is 2. The van der Waals surface area contributed by atoms with Gasteiger partial charge in [-0.1, -0.05) is 12.2 Å². The Morgan fingerprint density at radius 1 is 1.48 bits per heavy atom. The van der Waals surface area contributed by atoms with E-state index in [0.29, 0.717) is 24.8 Å². The Kier molecular flexibility index (Phi) is 5.37. The fourth-order valence-electron chi connectivity index (χ4n) is 5.06. The number of allylic oxidation sites excluding steroid dienone is 2. The molecule has 1 aromatic heterocycles.